The van der Waals surface area contributed by atoms with Crippen molar-refractivity contribution in [2.24, 2.45) is 0 Å². The Morgan fingerprint density at radius 1 is 1.07 bits per heavy atom. The molecule has 0 aliphatic carbocycles. The Bertz CT molecular complexity index is 984. The van der Waals surface area contributed by atoms with E-state index in [2.05, 4.69) is 10.4 Å². The lowest BCUT2D eigenvalue weighted by molar-refractivity contribution is -0.134. The maximum atomic E-state index is 12.6. The number of halogens is 1. The van der Waals surface area contributed by atoms with Crippen molar-refractivity contribution < 1.29 is 9.59 Å². The van der Waals surface area contributed by atoms with E-state index < -0.39 is 0 Å². The van der Waals surface area contributed by atoms with Crippen molar-refractivity contribution in [1.82, 2.24) is 14.7 Å². The predicted molar refractivity (Wildman–Crippen MR) is 115 cm³/mol. The molecule has 0 saturated heterocycles. The first-order valence-electron chi connectivity index (χ1n) is 9.50. The number of benzene rings is 2. The first-order valence-corrected chi connectivity index (χ1v) is 9.88. The van der Waals surface area contributed by atoms with Gasteiger partial charge >= 0.3 is 0 Å². The summed E-state index contributed by atoms with van der Waals surface area (Å²) in [6.45, 7) is 4.11. The van der Waals surface area contributed by atoms with Crippen LogP contribution in [-0.2, 0) is 9.59 Å². The minimum absolute atomic E-state index is 0.00432. The minimum atomic E-state index is -0.275. The van der Waals surface area contributed by atoms with Crippen molar-refractivity contribution in [1.29, 1.82) is 0 Å². The average Bonchev–Trinajstić information content (AvgIpc) is 3.16. The minimum Gasteiger partial charge on any atom is -0.334 e. The number of rotatable bonds is 7. The van der Waals surface area contributed by atoms with Crippen LogP contribution in [0.15, 0.2) is 60.7 Å². The lowest BCUT2D eigenvalue weighted by Crippen LogP contribution is -2.37. The summed E-state index contributed by atoms with van der Waals surface area (Å²) in [5.74, 6) is 0.193. The van der Waals surface area contributed by atoms with Crippen molar-refractivity contribution in [2.45, 2.75) is 20.3 Å². The molecule has 0 spiro atoms. The molecule has 1 aromatic heterocycles. The van der Waals surface area contributed by atoms with Gasteiger partial charge in [0.05, 0.1) is 17.9 Å². The fourth-order valence-corrected chi connectivity index (χ4v) is 3.08. The molecule has 2 aromatic carbocycles. The van der Waals surface area contributed by atoms with Crippen LogP contribution in [0.3, 0.4) is 0 Å². The van der Waals surface area contributed by atoms with Gasteiger partial charge in [0.15, 0.2) is 0 Å². The Balaban J connectivity index is 1.91. The van der Waals surface area contributed by atoms with Gasteiger partial charge in [-0.05, 0) is 31.2 Å². The number of nitrogens with zero attached hydrogens (tertiary/aromatic N) is 3. The third-order valence-corrected chi connectivity index (χ3v) is 4.74. The van der Waals surface area contributed by atoms with Crippen LogP contribution in [0.4, 0.5) is 5.82 Å². The average molecular weight is 411 g/mol. The Kier molecular flexibility index (Phi) is 6.67. The van der Waals surface area contributed by atoms with E-state index in [1.165, 1.54) is 4.90 Å². The lowest BCUT2D eigenvalue weighted by atomic mass is 10.1. The summed E-state index contributed by atoms with van der Waals surface area (Å²) in [7, 11) is 0. The van der Waals surface area contributed by atoms with Crippen LogP contribution in [0.5, 0.6) is 0 Å². The summed E-state index contributed by atoms with van der Waals surface area (Å²) in [5, 5.41) is 8.17. The van der Waals surface area contributed by atoms with Crippen LogP contribution >= 0.6 is 11.6 Å². The van der Waals surface area contributed by atoms with E-state index in [1.807, 2.05) is 55.5 Å². The molecule has 1 N–H and O–H groups in total. The van der Waals surface area contributed by atoms with Gasteiger partial charge in [-0.2, -0.15) is 5.10 Å². The predicted octanol–water partition coefficient (Wildman–Crippen LogP) is 4.39. The fraction of sp³-hybridized carbons (Fsp3) is 0.227. The summed E-state index contributed by atoms with van der Waals surface area (Å²) in [4.78, 5) is 26.1. The molecule has 0 bridgehead atoms. The fourth-order valence-electron chi connectivity index (χ4n) is 2.95. The van der Waals surface area contributed by atoms with Crippen LogP contribution < -0.4 is 5.32 Å². The Morgan fingerprint density at radius 3 is 2.38 bits per heavy atom. The number of hydrogen-bond donors (Lipinski definition) is 1. The second-order valence-electron chi connectivity index (χ2n) is 6.48. The number of nitrogens with one attached hydrogen (secondary N) is 1. The monoisotopic (exact) mass is 410 g/mol. The number of anilines is 1. The van der Waals surface area contributed by atoms with Gasteiger partial charge in [0, 0.05) is 29.6 Å². The molecule has 0 aliphatic heterocycles. The molecule has 0 fully saturated rings. The third kappa shape index (κ3) is 5.03. The second-order valence-corrected chi connectivity index (χ2v) is 6.92. The molecule has 7 heteroatoms. The van der Waals surface area contributed by atoms with E-state index in [9.17, 15) is 9.59 Å². The molecule has 2 amide bonds. The molecule has 1 heterocycles. The standard InChI is InChI=1S/C22H23ClN4O2/c1-3-22(29)26(4-2)15-21(28)24-20-14-19(16-8-6-5-7-9-16)25-27(20)18-12-10-17(23)11-13-18/h5-14H,3-4,15H2,1-2H3,(H,24,28). The smallest absolute Gasteiger partial charge is 0.245 e. The van der Waals surface area contributed by atoms with Crippen LogP contribution in [0, 0.1) is 0 Å². The van der Waals surface area contributed by atoms with Gasteiger partial charge in [0.2, 0.25) is 11.8 Å². The molecule has 0 unspecified atom stereocenters. The van der Waals surface area contributed by atoms with E-state index in [-0.39, 0.29) is 18.4 Å². The van der Waals surface area contributed by atoms with Crippen LogP contribution in [0.2, 0.25) is 5.02 Å². The summed E-state index contributed by atoms with van der Waals surface area (Å²) < 4.78 is 1.66. The zero-order valence-corrected chi connectivity index (χ0v) is 17.2. The van der Waals surface area contributed by atoms with E-state index in [4.69, 9.17) is 11.6 Å². The van der Waals surface area contributed by atoms with Gasteiger partial charge in [-0.1, -0.05) is 48.9 Å². The topological polar surface area (TPSA) is 67.2 Å². The first-order chi connectivity index (χ1) is 14.0. The Hall–Kier alpha value is -3.12. The molecule has 29 heavy (non-hydrogen) atoms. The molecule has 0 radical (unpaired) electrons. The molecule has 3 rings (SSSR count). The van der Waals surface area contributed by atoms with Crippen LogP contribution in [0.25, 0.3) is 16.9 Å². The Morgan fingerprint density at radius 2 is 1.76 bits per heavy atom. The maximum Gasteiger partial charge on any atom is 0.245 e. The summed E-state index contributed by atoms with van der Waals surface area (Å²) >= 11 is 6.00. The van der Waals surface area contributed by atoms with Crippen LogP contribution in [-0.4, -0.2) is 39.6 Å². The van der Waals surface area contributed by atoms with Gasteiger partial charge in [-0.15, -0.1) is 0 Å². The highest BCUT2D eigenvalue weighted by atomic mass is 35.5. The number of hydrogen-bond acceptors (Lipinski definition) is 3. The molecule has 0 atom stereocenters. The van der Waals surface area contributed by atoms with Gasteiger partial charge in [-0.3, -0.25) is 9.59 Å². The van der Waals surface area contributed by atoms with Crippen LogP contribution in [0.1, 0.15) is 20.3 Å². The SMILES string of the molecule is CCC(=O)N(CC)CC(=O)Nc1cc(-c2ccccc2)nn1-c1ccc(Cl)cc1. The zero-order valence-electron chi connectivity index (χ0n) is 16.4. The van der Waals surface area contributed by atoms with E-state index in [1.54, 1.807) is 23.7 Å². The molecular weight excluding hydrogens is 388 g/mol. The van der Waals surface area contributed by atoms with E-state index >= 15 is 0 Å². The second kappa shape index (κ2) is 9.39. The highest BCUT2D eigenvalue weighted by Crippen LogP contribution is 2.25. The molecular formula is C22H23ClN4O2. The number of carbonyl (C=O) groups excluding carboxylic acids is 2. The maximum absolute atomic E-state index is 12.6. The summed E-state index contributed by atoms with van der Waals surface area (Å²) in [6, 6.07) is 18.7. The highest BCUT2D eigenvalue weighted by molar-refractivity contribution is 6.30. The quantitative estimate of drug-likeness (QED) is 0.628. The molecule has 3 aromatic rings. The lowest BCUT2D eigenvalue weighted by Gasteiger charge is -2.19. The molecule has 0 aliphatic rings. The van der Waals surface area contributed by atoms with Gasteiger partial charge in [-0.25, -0.2) is 4.68 Å². The van der Waals surface area contributed by atoms with Gasteiger partial charge < -0.3 is 10.2 Å². The molecule has 150 valence electrons. The summed E-state index contributed by atoms with van der Waals surface area (Å²) in [5.41, 5.74) is 2.43. The van der Waals surface area contributed by atoms with Gasteiger partial charge in [0.1, 0.15) is 5.82 Å². The van der Waals surface area contributed by atoms with E-state index in [0.29, 0.717) is 23.8 Å². The number of aromatic nitrogens is 2. The van der Waals surface area contributed by atoms with Crippen molar-refractivity contribution in [3.8, 4) is 16.9 Å². The largest absolute Gasteiger partial charge is 0.334 e. The van der Waals surface area contributed by atoms with E-state index in [0.717, 1.165) is 16.9 Å². The third-order valence-electron chi connectivity index (χ3n) is 4.49. The zero-order chi connectivity index (χ0) is 20.8. The van der Waals surface area contributed by atoms with Crippen molar-refractivity contribution in [3.63, 3.8) is 0 Å². The first kappa shape index (κ1) is 20.6. The number of likely N-dealkylation sites (N-methyl/N-ethyl adjacent to an activating group) is 1. The highest BCUT2D eigenvalue weighted by Gasteiger charge is 2.17. The van der Waals surface area contributed by atoms with Crippen molar-refractivity contribution in [2.75, 3.05) is 18.4 Å². The normalized spacial score (nSPS) is 10.6. The summed E-state index contributed by atoms with van der Waals surface area (Å²) in [6.07, 6.45) is 0.363. The van der Waals surface area contributed by atoms with Crippen molar-refractivity contribution in [3.05, 3.63) is 65.7 Å². The van der Waals surface area contributed by atoms with Gasteiger partial charge in [0.25, 0.3) is 0 Å². The number of amides is 2. The molecule has 6 nitrogen and oxygen atoms in total. The number of carbonyl (C=O) groups is 2. The molecule has 0 saturated carbocycles. The Labute approximate surface area is 175 Å². The van der Waals surface area contributed by atoms with Crippen molar-refractivity contribution >= 4 is 29.2 Å².